The van der Waals surface area contributed by atoms with Gasteiger partial charge in [-0.15, -0.1) is 0 Å². The molecule has 6 rings (SSSR count). The molecule has 0 N–H and O–H groups in total. The maximum Gasteiger partial charge on any atom is 0.159 e. The summed E-state index contributed by atoms with van der Waals surface area (Å²) in [5, 5.41) is 4.67. The van der Waals surface area contributed by atoms with Crippen molar-refractivity contribution in [2.45, 2.75) is 58.9 Å². The molecule has 0 bridgehead atoms. The van der Waals surface area contributed by atoms with E-state index in [4.69, 9.17) is 4.42 Å². The van der Waals surface area contributed by atoms with Crippen molar-refractivity contribution >= 4 is 49.7 Å². The first-order valence-corrected chi connectivity index (χ1v) is 17.0. The monoisotopic (exact) mass is 615 g/mol. The van der Waals surface area contributed by atoms with Gasteiger partial charge in [-0.1, -0.05) is 128 Å². The Bertz CT molecular complexity index is 2060. The third-order valence-corrected chi connectivity index (χ3v) is 9.00. The molecular weight excluding hydrogens is 571 g/mol. The number of anilines is 2. The second-order valence-corrected chi connectivity index (χ2v) is 12.4. The SMILES string of the molecule is C=C(CCC/C=C\C)Cc1ccc(N(c2cccc3c2oc2cc4ccccc4cc23)C(C)/C(=C\C=C/CC)c2ccccc2)cc1. The molecule has 0 radical (unpaired) electrons. The second kappa shape index (κ2) is 15.0. The molecule has 236 valence electrons. The lowest BCUT2D eigenvalue weighted by Crippen LogP contribution is -2.29. The third-order valence-electron chi connectivity index (χ3n) is 9.00. The maximum absolute atomic E-state index is 6.77. The molecule has 0 fully saturated rings. The number of nitrogens with zero attached hydrogens (tertiary/aromatic N) is 1. The van der Waals surface area contributed by atoms with Crippen LogP contribution in [-0.4, -0.2) is 6.04 Å². The van der Waals surface area contributed by atoms with E-state index >= 15 is 0 Å². The van der Waals surface area contributed by atoms with E-state index in [1.54, 1.807) is 0 Å². The molecule has 0 aliphatic rings. The lowest BCUT2D eigenvalue weighted by Gasteiger charge is -2.33. The number of hydrogen-bond acceptors (Lipinski definition) is 2. The standard InChI is InChI=1S/C45H45NO/c1-5-7-9-12-18-33(3)30-35-26-28-39(29-27-35)46(34(4)40(23-11-8-6-2)36-19-13-10-14-20-36)43-25-17-24-41-42-31-37-21-15-16-22-38(37)32-44(42)47-45(41)43/h5,7-8,10-11,13-17,19-29,31-32,34H,3,6,9,12,18,30H2,1-2,4H3/b7-5-,11-8-,40-23+. The number of benzene rings is 5. The maximum atomic E-state index is 6.77. The molecule has 1 atom stereocenters. The average Bonchev–Trinajstić information content (AvgIpc) is 3.47. The fraction of sp³-hybridized carbons (Fsp3) is 0.200. The van der Waals surface area contributed by atoms with Crippen LogP contribution in [0.4, 0.5) is 11.4 Å². The van der Waals surface area contributed by atoms with E-state index in [9.17, 15) is 0 Å². The number of fused-ring (bicyclic) bond motifs is 4. The predicted molar refractivity (Wildman–Crippen MR) is 205 cm³/mol. The van der Waals surface area contributed by atoms with Gasteiger partial charge < -0.3 is 9.32 Å². The largest absolute Gasteiger partial charge is 0.454 e. The molecule has 1 heterocycles. The zero-order valence-corrected chi connectivity index (χ0v) is 28.0. The molecule has 1 aromatic heterocycles. The van der Waals surface area contributed by atoms with Crippen LogP contribution in [0.25, 0.3) is 38.3 Å². The Morgan fingerprint density at radius 2 is 1.57 bits per heavy atom. The Labute approximate surface area is 280 Å². The smallest absolute Gasteiger partial charge is 0.159 e. The number of rotatable bonds is 13. The minimum absolute atomic E-state index is 0.00391. The zero-order valence-electron chi connectivity index (χ0n) is 28.0. The van der Waals surface area contributed by atoms with Crippen LogP contribution in [0.15, 0.2) is 156 Å². The Hall–Kier alpha value is -5.08. The van der Waals surface area contributed by atoms with Crippen LogP contribution in [0.3, 0.4) is 0 Å². The van der Waals surface area contributed by atoms with Crippen LogP contribution in [0, 0.1) is 0 Å². The Morgan fingerprint density at radius 1 is 0.830 bits per heavy atom. The van der Waals surface area contributed by atoms with Gasteiger partial charge in [-0.3, -0.25) is 0 Å². The zero-order chi connectivity index (χ0) is 32.6. The first kappa shape index (κ1) is 31.9. The van der Waals surface area contributed by atoms with Crippen LogP contribution in [0.2, 0.25) is 0 Å². The molecule has 0 spiro atoms. The van der Waals surface area contributed by atoms with Gasteiger partial charge in [-0.05, 0) is 104 Å². The summed E-state index contributed by atoms with van der Waals surface area (Å²) in [5.74, 6) is 0. The average molecular weight is 616 g/mol. The van der Waals surface area contributed by atoms with Gasteiger partial charge in [0.2, 0.25) is 0 Å². The molecule has 47 heavy (non-hydrogen) atoms. The number of furan rings is 1. The first-order valence-electron chi connectivity index (χ1n) is 17.0. The summed E-state index contributed by atoms with van der Waals surface area (Å²) < 4.78 is 6.77. The fourth-order valence-electron chi connectivity index (χ4n) is 6.57. The van der Waals surface area contributed by atoms with E-state index < -0.39 is 0 Å². The van der Waals surface area contributed by atoms with Crippen LogP contribution < -0.4 is 4.90 Å². The van der Waals surface area contributed by atoms with Gasteiger partial charge in [0.25, 0.3) is 0 Å². The highest BCUT2D eigenvalue weighted by molar-refractivity contribution is 6.13. The third kappa shape index (κ3) is 7.18. The molecular formula is C45H45NO. The number of unbranched alkanes of at least 4 members (excludes halogenated alkanes) is 1. The van der Waals surface area contributed by atoms with Gasteiger partial charge in [-0.25, -0.2) is 0 Å². The van der Waals surface area contributed by atoms with Gasteiger partial charge in [0.05, 0.1) is 11.7 Å². The molecule has 1 unspecified atom stereocenters. The van der Waals surface area contributed by atoms with E-state index in [1.165, 1.54) is 33.0 Å². The van der Waals surface area contributed by atoms with Crippen molar-refractivity contribution in [3.63, 3.8) is 0 Å². The van der Waals surface area contributed by atoms with Gasteiger partial charge in [-0.2, -0.15) is 0 Å². The summed E-state index contributed by atoms with van der Waals surface area (Å²) in [5.41, 5.74) is 9.01. The topological polar surface area (TPSA) is 16.4 Å². The summed E-state index contributed by atoms with van der Waals surface area (Å²) in [6, 6.07) is 39.3. The van der Waals surface area contributed by atoms with E-state index in [1.807, 2.05) is 0 Å². The molecule has 0 amide bonds. The molecule has 0 saturated carbocycles. The predicted octanol–water partition coefficient (Wildman–Crippen LogP) is 13.2. The summed E-state index contributed by atoms with van der Waals surface area (Å²) in [6.07, 6.45) is 16.2. The van der Waals surface area contributed by atoms with E-state index in [0.29, 0.717) is 0 Å². The number of allylic oxidation sites excluding steroid dienone is 6. The quantitative estimate of drug-likeness (QED) is 0.0730. The van der Waals surface area contributed by atoms with Gasteiger partial charge in [0, 0.05) is 16.5 Å². The summed E-state index contributed by atoms with van der Waals surface area (Å²) >= 11 is 0. The van der Waals surface area contributed by atoms with Crippen molar-refractivity contribution in [2.75, 3.05) is 4.90 Å². The van der Waals surface area contributed by atoms with E-state index in [0.717, 1.165) is 65.4 Å². The molecule has 0 saturated heterocycles. The fourth-order valence-corrected chi connectivity index (χ4v) is 6.57. The van der Waals surface area contributed by atoms with Crippen molar-refractivity contribution < 1.29 is 4.42 Å². The number of para-hydroxylation sites is 1. The summed E-state index contributed by atoms with van der Waals surface area (Å²) in [6.45, 7) is 10.9. The van der Waals surface area contributed by atoms with Crippen LogP contribution >= 0.6 is 0 Å². The normalized spacial score (nSPS) is 13.0. The van der Waals surface area contributed by atoms with Crippen molar-refractivity contribution in [3.8, 4) is 0 Å². The molecule has 6 aromatic rings. The van der Waals surface area contributed by atoms with Crippen molar-refractivity contribution in [3.05, 3.63) is 163 Å². The molecule has 0 aliphatic heterocycles. The van der Waals surface area contributed by atoms with Gasteiger partial charge >= 0.3 is 0 Å². The lowest BCUT2D eigenvalue weighted by atomic mass is 9.95. The van der Waals surface area contributed by atoms with E-state index in [-0.39, 0.29) is 6.04 Å². The Kier molecular flexibility index (Phi) is 10.2. The Morgan fingerprint density at radius 3 is 2.32 bits per heavy atom. The lowest BCUT2D eigenvalue weighted by molar-refractivity contribution is 0.667. The molecule has 5 aromatic carbocycles. The van der Waals surface area contributed by atoms with Crippen molar-refractivity contribution in [1.82, 2.24) is 0 Å². The van der Waals surface area contributed by atoms with Crippen molar-refractivity contribution in [2.24, 2.45) is 0 Å². The minimum Gasteiger partial charge on any atom is -0.454 e. The minimum atomic E-state index is 0.00391. The van der Waals surface area contributed by atoms with Crippen LogP contribution in [-0.2, 0) is 6.42 Å². The molecule has 0 aliphatic carbocycles. The summed E-state index contributed by atoms with van der Waals surface area (Å²) in [7, 11) is 0. The second-order valence-electron chi connectivity index (χ2n) is 12.4. The molecule has 2 heteroatoms. The van der Waals surface area contributed by atoms with Crippen molar-refractivity contribution in [1.29, 1.82) is 0 Å². The van der Waals surface area contributed by atoms with Gasteiger partial charge in [0.1, 0.15) is 5.58 Å². The highest BCUT2D eigenvalue weighted by Gasteiger charge is 2.25. The molecule has 2 nitrogen and oxygen atoms in total. The van der Waals surface area contributed by atoms with Crippen LogP contribution in [0.1, 0.15) is 57.6 Å². The number of hydrogen-bond donors (Lipinski definition) is 0. The van der Waals surface area contributed by atoms with Gasteiger partial charge in [0.15, 0.2) is 5.58 Å². The highest BCUT2D eigenvalue weighted by Crippen LogP contribution is 2.42. The van der Waals surface area contributed by atoms with Crippen LogP contribution in [0.5, 0.6) is 0 Å². The highest BCUT2D eigenvalue weighted by atomic mass is 16.3. The first-order chi connectivity index (χ1) is 23.1. The summed E-state index contributed by atoms with van der Waals surface area (Å²) in [4.78, 5) is 2.44. The van der Waals surface area contributed by atoms with E-state index in [2.05, 4.69) is 172 Å². The Balaban J connectivity index is 1.46.